The molecule has 53 heavy (non-hydrogen) atoms. The maximum atomic E-state index is 4.93. The summed E-state index contributed by atoms with van der Waals surface area (Å²) in [5.41, 5.74) is 0.613. The first kappa shape index (κ1) is 62.4. The predicted octanol–water partition coefficient (Wildman–Crippen LogP) is 18.3. The van der Waals surface area contributed by atoms with Crippen LogP contribution in [-0.4, -0.2) is 8.41 Å². The molecular weight excluding hydrogens is 888 g/mol. The van der Waals surface area contributed by atoms with Crippen LogP contribution in [0.15, 0.2) is 12.7 Å². The van der Waals surface area contributed by atoms with E-state index in [1.807, 2.05) is 0 Å². The maximum absolute atomic E-state index is 4.93. The first-order valence-corrected chi connectivity index (χ1v) is 33.6. The van der Waals surface area contributed by atoms with Gasteiger partial charge < -0.3 is 29.7 Å². The Morgan fingerprint density at radius 3 is 1.17 bits per heavy atom. The Morgan fingerprint density at radius 2 is 0.849 bits per heavy atom. The third kappa shape index (κ3) is 22.2. The Balaban J connectivity index is -0.000000348. The van der Waals surface area contributed by atoms with Crippen LogP contribution in [0.25, 0.3) is 0 Å². The number of unbranched alkanes of at least 4 members (excludes halogenated alkanes) is 2. The van der Waals surface area contributed by atoms with Gasteiger partial charge in [-0.1, -0.05) is 155 Å². The standard InChI is InChI=1S/C24H40.2C9H18.4CH3.B.4ClH.2Zr/c1-3-4-17-24(2,18-11-5-6-12-18)23-21-15-9-7-13-19(21)20-14-8-10-16-22(20)23;2*1-2-3-6-9-7-4-5-8-9;;;;;;;;;;;/h3,18-23H,1,4-17H2,2H3;2*9H,2-8H2,1H3;4*1H3;;4*1H;;/q;;;4*-1;;;;;;2*+4/p-4. The molecule has 6 fully saturated rings. The van der Waals surface area contributed by atoms with Crippen LogP contribution in [-0.2, 0) is 41.7 Å². The van der Waals surface area contributed by atoms with E-state index in [4.69, 9.17) is 34.1 Å². The van der Waals surface area contributed by atoms with Gasteiger partial charge in [-0.25, -0.2) is 0 Å². The van der Waals surface area contributed by atoms with E-state index in [-0.39, 0.29) is 38.1 Å². The summed E-state index contributed by atoms with van der Waals surface area (Å²) in [6, 6.07) is 0. The second kappa shape index (κ2) is 38.9. The Hall–Kier alpha value is 2.73. The first-order chi connectivity index (χ1) is 23.4. The van der Waals surface area contributed by atoms with Gasteiger partial charge in [0.1, 0.15) is 0 Å². The van der Waals surface area contributed by atoms with Gasteiger partial charge in [-0.3, -0.25) is 0 Å². The van der Waals surface area contributed by atoms with Gasteiger partial charge in [-0.2, -0.15) is 0 Å². The number of halogens is 4. The molecule has 0 aliphatic heterocycles. The summed E-state index contributed by atoms with van der Waals surface area (Å²) >= 11 is -1.65. The topological polar surface area (TPSA) is 0 Å². The van der Waals surface area contributed by atoms with Crippen LogP contribution in [0, 0.1) is 82.5 Å². The molecule has 0 saturated heterocycles. The van der Waals surface area contributed by atoms with Gasteiger partial charge in [-0.05, 0) is 104 Å². The molecule has 0 N–H and O–H groups in total. The van der Waals surface area contributed by atoms with E-state index >= 15 is 0 Å². The van der Waals surface area contributed by atoms with Crippen molar-refractivity contribution >= 4 is 42.5 Å². The molecule has 0 aromatic carbocycles. The van der Waals surface area contributed by atoms with Crippen LogP contribution in [0.5, 0.6) is 0 Å². The minimum atomic E-state index is -0.826. The molecule has 6 saturated carbocycles. The number of fused-ring (bicyclic) bond motifs is 3. The zero-order chi connectivity index (χ0) is 35.0. The van der Waals surface area contributed by atoms with Crippen LogP contribution in [0.3, 0.4) is 0 Å². The fourth-order valence-electron chi connectivity index (χ4n) is 11.9. The molecule has 0 heterocycles. The molecule has 0 spiro atoms. The molecule has 0 nitrogen and oxygen atoms in total. The van der Waals surface area contributed by atoms with Crippen LogP contribution in [0.2, 0.25) is 0 Å². The average molecular weight is 976 g/mol. The molecule has 6 rings (SSSR count). The van der Waals surface area contributed by atoms with E-state index in [9.17, 15) is 0 Å². The van der Waals surface area contributed by atoms with Gasteiger partial charge in [0.2, 0.25) is 0 Å². The molecule has 0 amide bonds. The van der Waals surface area contributed by atoms with E-state index in [1.54, 1.807) is 25.7 Å². The molecule has 6 aliphatic rings. The van der Waals surface area contributed by atoms with Crippen LogP contribution >= 0.6 is 34.1 Å². The van der Waals surface area contributed by atoms with Crippen LogP contribution in [0.1, 0.15) is 201 Å². The molecule has 0 bridgehead atoms. The van der Waals surface area contributed by atoms with E-state index in [0.29, 0.717) is 5.41 Å². The SMILES string of the molecule is C=CCCC(C)(C1CCCC1)C1C2CCCCC2C2CCCCC21.CCCCC1CCCC1.CCCCC1CCCC1.[B].[CH3-].[CH3-].[CH3-].[CH3-].[Cl][Zr+2][Cl].[Cl][Zr+2][Cl]. The molecule has 311 valence electrons. The Morgan fingerprint density at radius 1 is 0.547 bits per heavy atom. The summed E-state index contributed by atoms with van der Waals surface area (Å²) in [7, 11) is 19.7. The number of hydrogen-bond acceptors (Lipinski definition) is 0. The third-order valence-electron chi connectivity index (χ3n) is 14.0. The molecule has 0 aromatic rings. The zero-order valence-corrected chi connectivity index (χ0v) is 44.2. The molecular formula is C46H88BCl4Zr2. The summed E-state index contributed by atoms with van der Waals surface area (Å²) in [6.45, 7) is 11.4. The summed E-state index contributed by atoms with van der Waals surface area (Å²) in [6.07, 6.45) is 44.2. The fourth-order valence-corrected chi connectivity index (χ4v) is 11.9. The number of rotatable bonds is 11. The van der Waals surface area contributed by atoms with E-state index < -0.39 is 41.7 Å². The monoisotopic (exact) mass is 971 g/mol. The van der Waals surface area contributed by atoms with E-state index in [2.05, 4.69) is 33.4 Å². The normalized spacial score (nSPS) is 26.7. The minimum absolute atomic E-state index is 0. The summed E-state index contributed by atoms with van der Waals surface area (Å²) in [5, 5.41) is 0. The summed E-state index contributed by atoms with van der Waals surface area (Å²) in [4.78, 5) is 0. The Kier molecular flexibility index (Phi) is 45.8. The number of allylic oxidation sites excluding steroid dienone is 1. The zero-order valence-electron chi connectivity index (χ0n) is 36.3. The quantitative estimate of drug-likeness (QED) is 0.110. The van der Waals surface area contributed by atoms with Gasteiger partial charge in [-0.15, -0.1) is 6.58 Å². The molecule has 7 heteroatoms. The van der Waals surface area contributed by atoms with Gasteiger partial charge in [0.05, 0.1) is 0 Å². The Labute approximate surface area is 376 Å². The fraction of sp³-hybridized carbons (Fsp3) is 0.870. The van der Waals surface area contributed by atoms with Crippen molar-refractivity contribution in [1.29, 1.82) is 0 Å². The predicted molar refractivity (Wildman–Crippen MR) is 242 cm³/mol. The molecule has 5 atom stereocenters. The van der Waals surface area contributed by atoms with Gasteiger partial charge in [0.15, 0.2) is 0 Å². The summed E-state index contributed by atoms with van der Waals surface area (Å²) in [5.74, 6) is 8.69. The molecule has 6 aliphatic carbocycles. The second-order valence-electron chi connectivity index (χ2n) is 16.8. The van der Waals surface area contributed by atoms with E-state index in [1.165, 1.54) is 154 Å². The van der Waals surface area contributed by atoms with Crippen molar-refractivity contribution in [3.8, 4) is 0 Å². The Bertz CT molecular complexity index is 729. The summed E-state index contributed by atoms with van der Waals surface area (Å²) < 4.78 is 0. The molecule has 0 aromatic heterocycles. The van der Waals surface area contributed by atoms with Crippen LogP contribution in [0.4, 0.5) is 0 Å². The number of hydrogen-bond donors (Lipinski definition) is 0. The van der Waals surface area contributed by atoms with Crippen molar-refractivity contribution in [2.24, 2.45) is 52.8 Å². The van der Waals surface area contributed by atoms with Crippen LogP contribution < -0.4 is 0 Å². The van der Waals surface area contributed by atoms with Gasteiger partial charge in [0.25, 0.3) is 0 Å². The average Bonchev–Trinajstić information content (AvgIpc) is 3.95. The molecule has 3 radical (unpaired) electrons. The van der Waals surface area contributed by atoms with Crippen molar-refractivity contribution in [3.05, 3.63) is 42.4 Å². The van der Waals surface area contributed by atoms with Crippen molar-refractivity contribution in [2.45, 2.75) is 201 Å². The molecule has 5 unspecified atom stereocenters. The van der Waals surface area contributed by atoms with Crippen molar-refractivity contribution in [3.63, 3.8) is 0 Å². The van der Waals surface area contributed by atoms with Gasteiger partial charge in [0, 0.05) is 8.41 Å². The van der Waals surface area contributed by atoms with Crippen molar-refractivity contribution in [1.82, 2.24) is 0 Å². The second-order valence-corrected chi connectivity index (χ2v) is 24.3. The van der Waals surface area contributed by atoms with Crippen molar-refractivity contribution < 1.29 is 41.7 Å². The van der Waals surface area contributed by atoms with Gasteiger partial charge >= 0.3 is 75.7 Å². The van der Waals surface area contributed by atoms with E-state index in [0.717, 1.165) is 47.3 Å². The third-order valence-corrected chi connectivity index (χ3v) is 14.0. The first-order valence-electron chi connectivity index (χ1n) is 21.0. The van der Waals surface area contributed by atoms with Crippen molar-refractivity contribution in [2.75, 3.05) is 0 Å².